The smallest absolute Gasteiger partial charge is 0.241 e. The minimum Gasteiger partial charge on any atom is -0.306 e. The fourth-order valence-electron chi connectivity index (χ4n) is 2.88. The van der Waals surface area contributed by atoms with Gasteiger partial charge in [-0.25, -0.2) is 0 Å². The lowest BCUT2D eigenvalue weighted by Crippen LogP contribution is -2.53. The van der Waals surface area contributed by atoms with Gasteiger partial charge >= 0.3 is 0 Å². The second kappa shape index (κ2) is 3.32. The second-order valence-corrected chi connectivity index (χ2v) is 4.78. The minimum atomic E-state index is 0.212. The Kier molecular flexibility index (Phi) is 2.04. The van der Waals surface area contributed by atoms with Gasteiger partial charge in [-0.15, -0.1) is 0 Å². The molecule has 3 nitrogen and oxygen atoms in total. The molecule has 1 fully saturated rings. The number of hydrogen-bond donors (Lipinski definition) is 1. The SMILES string of the molecule is Cc1ccc(C)c2c1CC1CNCC(=O)N21. The number of piperazine rings is 1. The Bertz CT molecular complexity index is 467. The molecule has 1 aromatic carbocycles. The van der Waals surface area contributed by atoms with Crippen molar-refractivity contribution in [2.75, 3.05) is 18.0 Å². The van der Waals surface area contributed by atoms with Crippen LogP contribution in [0, 0.1) is 13.8 Å². The van der Waals surface area contributed by atoms with Crippen molar-refractivity contribution in [2.24, 2.45) is 0 Å². The fourth-order valence-corrected chi connectivity index (χ4v) is 2.88. The first-order chi connectivity index (χ1) is 7.68. The zero-order chi connectivity index (χ0) is 11.3. The van der Waals surface area contributed by atoms with E-state index in [4.69, 9.17) is 0 Å². The average Bonchev–Trinajstić information content (AvgIpc) is 2.65. The van der Waals surface area contributed by atoms with E-state index < -0.39 is 0 Å². The first-order valence-corrected chi connectivity index (χ1v) is 5.80. The number of amides is 1. The number of fused-ring (bicyclic) bond motifs is 3. The number of carbonyl (C=O) groups excluding carboxylic acids is 1. The molecule has 84 valence electrons. The van der Waals surface area contributed by atoms with Crippen LogP contribution in [0.5, 0.6) is 0 Å². The van der Waals surface area contributed by atoms with Crippen molar-refractivity contribution in [1.82, 2.24) is 5.32 Å². The Hall–Kier alpha value is -1.35. The molecular formula is C13H16N2O. The molecule has 2 aliphatic heterocycles. The molecule has 0 spiro atoms. The van der Waals surface area contributed by atoms with Crippen LogP contribution in [0.2, 0.25) is 0 Å². The predicted molar refractivity (Wildman–Crippen MR) is 63.8 cm³/mol. The van der Waals surface area contributed by atoms with Gasteiger partial charge in [0.1, 0.15) is 0 Å². The van der Waals surface area contributed by atoms with Crippen molar-refractivity contribution < 1.29 is 4.79 Å². The molecule has 1 unspecified atom stereocenters. The van der Waals surface area contributed by atoms with E-state index in [-0.39, 0.29) is 5.91 Å². The van der Waals surface area contributed by atoms with Crippen molar-refractivity contribution in [3.8, 4) is 0 Å². The van der Waals surface area contributed by atoms with Gasteiger partial charge in [-0.05, 0) is 37.0 Å². The highest BCUT2D eigenvalue weighted by Gasteiger charge is 2.37. The van der Waals surface area contributed by atoms with Gasteiger partial charge in [0.25, 0.3) is 0 Å². The lowest BCUT2D eigenvalue weighted by Gasteiger charge is -2.31. The number of rotatable bonds is 0. The van der Waals surface area contributed by atoms with E-state index in [1.807, 2.05) is 4.90 Å². The van der Waals surface area contributed by atoms with Crippen molar-refractivity contribution in [1.29, 1.82) is 0 Å². The highest BCUT2D eigenvalue weighted by molar-refractivity contribution is 5.99. The van der Waals surface area contributed by atoms with Crippen molar-refractivity contribution in [3.63, 3.8) is 0 Å². The van der Waals surface area contributed by atoms with E-state index in [2.05, 4.69) is 31.3 Å². The first-order valence-electron chi connectivity index (χ1n) is 5.80. The standard InChI is InChI=1S/C13H16N2O/c1-8-3-4-9(2)13-11(8)5-10-6-14-7-12(16)15(10)13/h3-4,10,14H,5-7H2,1-2H3. The predicted octanol–water partition coefficient (Wildman–Crippen LogP) is 1.16. The zero-order valence-corrected chi connectivity index (χ0v) is 9.71. The van der Waals surface area contributed by atoms with Crippen molar-refractivity contribution >= 4 is 11.6 Å². The molecule has 0 bridgehead atoms. The summed E-state index contributed by atoms with van der Waals surface area (Å²) in [4.78, 5) is 14.0. The average molecular weight is 216 g/mol. The number of hydrogen-bond acceptors (Lipinski definition) is 2. The molecule has 0 radical (unpaired) electrons. The lowest BCUT2D eigenvalue weighted by atomic mass is 10.0. The van der Waals surface area contributed by atoms with E-state index in [1.165, 1.54) is 22.4 Å². The Labute approximate surface area is 95.4 Å². The third-order valence-corrected chi connectivity index (χ3v) is 3.69. The molecule has 1 N–H and O–H groups in total. The van der Waals surface area contributed by atoms with Crippen LogP contribution in [-0.4, -0.2) is 25.0 Å². The van der Waals surface area contributed by atoms with Crippen LogP contribution >= 0.6 is 0 Å². The Morgan fingerprint density at radius 2 is 2.06 bits per heavy atom. The molecular weight excluding hydrogens is 200 g/mol. The summed E-state index contributed by atoms with van der Waals surface area (Å²) in [6.45, 7) is 5.62. The van der Waals surface area contributed by atoms with Gasteiger partial charge < -0.3 is 10.2 Å². The normalized spacial score (nSPS) is 23.2. The minimum absolute atomic E-state index is 0.212. The summed E-state index contributed by atoms with van der Waals surface area (Å²) >= 11 is 0. The molecule has 1 amide bonds. The van der Waals surface area contributed by atoms with Gasteiger partial charge in [0.05, 0.1) is 18.3 Å². The number of nitrogens with one attached hydrogen (secondary N) is 1. The zero-order valence-electron chi connectivity index (χ0n) is 9.71. The quantitative estimate of drug-likeness (QED) is 0.706. The van der Waals surface area contributed by atoms with E-state index in [0.717, 1.165) is 13.0 Å². The monoisotopic (exact) mass is 216 g/mol. The second-order valence-electron chi connectivity index (χ2n) is 4.78. The maximum atomic E-state index is 12.0. The maximum absolute atomic E-state index is 12.0. The topological polar surface area (TPSA) is 32.3 Å². The van der Waals surface area contributed by atoms with Crippen LogP contribution in [0.15, 0.2) is 12.1 Å². The molecule has 2 aliphatic rings. The number of carbonyl (C=O) groups is 1. The molecule has 1 atom stereocenters. The van der Waals surface area contributed by atoms with Crippen LogP contribution in [0.1, 0.15) is 16.7 Å². The lowest BCUT2D eigenvalue weighted by molar-refractivity contribution is -0.119. The van der Waals surface area contributed by atoms with Gasteiger partial charge in [0.2, 0.25) is 5.91 Å². The summed E-state index contributed by atoms with van der Waals surface area (Å²) in [5, 5.41) is 3.19. The molecule has 16 heavy (non-hydrogen) atoms. The number of benzene rings is 1. The number of aryl methyl sites for hydroxylation is 2. The summed E-state index contributed by atoms with van der Waals surface area (Å²) in [6, 6.07) is 4.60. The molecule has 2 heterocycles. The van der Waals surface area contributed by atoms with Crippen LogP contribution in [0.3, 0.4) is 0 Å². The molecule has 0 saturated carbocycles. The van der Waals surface area contributed by atoms with Gasteiger partial charge in [0.15, 0.2) is 0 Å². The van der Waals surface area contributed by atoms with E-state index in [1.54, 1.807) is 0 Å². The fraction of sp³-hybridized carbons (Fsp3) is 0.462. The molecule has 3 heteroatoms. The Morgan fingerprint density at radius 1 is 1.31 bits per heavy atom. The third-order valence-electron chi connectivity index (χ3n) is 3.69. The highest BCUT2D eigenvalue weighted by Crippen LogP contribution is 2.37. The van der Waals surface area contributed by atoms with Crippen LogP contribution in [-0.2, 0) is 11.2 Å². The summed E-state index contributed by atoms with van der Waals surface area (Å²) in [7, 11) is 0. The third kappa shape index (κ3) is 1.21. The summed E-state index contributed by atoms with van der Waals surface area (Å²) in [5.41, 5.74) is 5.07. The molecule has 0 aliphatic carbocycles. The van der Waals surface area contributed by atoms with E-state index in [9.17, 15) is 4.79 Å². The van der Waals surface area contributed by atoms with Gasteiger partial charge in [-0.3, -0.25) is 4.79 Å². The van der Waals surface area contributed by atoms with Crippen molar-refractivity contribution in [3.05, 3.63) is 28.8 Å². The largest absolute Gasteiger partial charge is 0.306 e. The molecule has 0 aromatic heterocycles. The van der Waals surface area contributed by atoms with Crippen LogP contribution in [0.4, 0.5) is 5.69 Å². The number of anilines is 1. The molecule has 1 saturated heterocycles. The van der Waals surface area contributed by atoms with Crippen LogP contribution in [0.25, 0.3) is 0 Å². The van der Waals surface area contributed by atoms with Gasteiger partial charge in [0, 0.05) is 6.54 Å². The number of nitrogens with zero attached hydrogens (tertiary/aromatic N) is 1. The molecule has 1 aromatic rings. The maximum Gasteiger partial charge on any atom is 0.241 e. The van der Waals surface area contributed by atoms with E-state index >= 15 is 0 Å². The summed E-state index contributed by atoms with van der Waals surface area (Å²) < 4.78 is 0. The Balaban J connectivity index is 2.16. The molecule has 3 rings (SSSR count). The van der Waals surface area contributed by atoms with Gasteiger partial charge in [-0.1, -0.05) is 12.1 Å². The summed E-state index contributed by atoms with van der Waals surface area (Å²) in [6.07, 6.45) is 1.00. The van der Waals surface area contributed by atoms with Gasteiger partial charge in [-0.2, -0.15) is 0 Å². The Morgan fingerprint density at radius 3 is 2.88 bits per heavy atom. The van der Waals surface area contributed by atoms with Crippen molar-refractivity contribution in [2.45, 2.75) is 26.3 Å². The van der Waals surface area contributed by atoms with Crippen LogP contribution < -0.4 is 10.2 Å². The van der Waals surface area contributed by atoms with E-state index in [0.29, 0.717) is 12.6 Å². The summed E-state index contributed by atoms with van der Waals surface area (Å²) in [5.74, 6) is 0.212. The highest BCUT2D eigenvalue weighted by atomic mass is 16.2. The first kappa shape index (κ1) is 9.85.